The molecule has 1 aromatic heterocycles. The Bertz CT molecular complexity index is 742. The zero-order valence-corrected chi connectivity index (χ0v) is 16.0. The third-order valence-corrected chi connectivity index (χ3v) is 4.81. The van der Waals surface area contributed by atoms with Crippen molar-refractivity contribution in [2.45, 2.75) is 38.9 Å². The Labute approximate surface area is 160 Å². The van der Waals surface area contributed by atoms with E-state index in [2.05, 4.69) is 38.9 Å². The van der Waals surface area contributed by atoms with Gasteiger partial charge in [-0.1, -0.05) is 18.2 Å². The van der Waals surface area contributed by atoms with Crippen LogP contribution in [0.5, 0.6) is 0 Å². The van der Waals surface area contributed by atoms with Crippen LogP contribution in [0.25, 0.3) is 0 Å². The number of aliphatic hydroxyl groups excluding tert-OH is 1. The highest BCUT2D eigenvalue weighted by molar-refractivity contribution is 5.49. The van der Waals surface area contributed by atoms with E-state index in [1.54, 1.807) is 12.4 Å². The molecule has 3 rings (SSSR count). The molecule has 1 aliphatic rings. The number of hydrogen-bond donors (Lipinski definition) is 2. The van der Waals surface area contributed by atoms with Crippen LogP contribution in [-0.2, 0) is 6.54 Å². The summed E-state index contributed by atoms with van der Waals surface area (Å²) in [6.45, 7) is 7.13. The molecule has 146 valence electrons. The zero-order valence-electron chi connectivity index (χ0n) is 16.0. The van der Waals surface area contributed by atoms with Crippen molar-refractivity contribution in [2.75, 3.05) is 36.5 Å². The van der Waals surface area contributed by atoms with E-state index in [1.165, 1.54) is 6.07 Å². The second-order valence-corrected chi connectivity index (χ2v) is 7.23. The molecule has 2 aromatic rings. The van der Waals surface area contributed by atoms with Crippen LogP contribution in [0, 0.1) is 5.82 Å². The van der Waals surface area contributed by atoms with Crippen molar-refractivity contribution in [3.8, 4) is 0 Å². The van der Waals surface area contributed by atoms with Crippen LogP contribution in [0.2, 0.25) is 0 Å². The molecule has 1 aliphatic heterocycles. The summed E-state index contributed by atoms with van der Waals surface area (Å²) in [5.41, 5.74) is 0.694. The van der Waals surface area contributed by atoms with Gasteiger partial charge in [-0.2, -0.15) is 0 Å². The summed E-state index contributed by atoms with van der Waals surface area (Å²) in [4.78, 5) is 13.2. The lowest BCUT2D eigenvalue weighted by Crippen LogP contribution is -2.53. The summed E-state index contributed by atoms with van der Waals surface area (Å²) in [6, 6.07) is 9.29. The zero-order chi connectivity index (χ0) is 19.2. The Balaban J connectivity index is 1.71. The molecule has 27 heavy (non-hydrogen) atoms. The van der Waals surface area contributed by atoms with Gasteiger partial charge in [0, 0.05) is 56.5 Å². The second kappa shape index (κ2) is 9.10. The molecule has 1 atom stereocenters. The van der Waals surface area contributed by atoms with Gasteiger partial charge in [-0.05, 0) is 26.3 Å². The van der Waals surface area contributed by atoms with Crippen molar-refractivity contribution in [2.24, 2.45) is 0 Å². The first-order chi connectivity index (χ1) is 13.1. The lowest BCUT2D eigenvalue weighted by Gasteiger charge is -2.42. The number of halogens is 1. The van der Waals surface area contributed by atoms with Crippen molar-refractivity contribution in [3.63, 3.8) is 0 Å². The fourth-order valence-corrected chi connectivity index (χ4v) is 3.47. The van der Waals surface area contributed by atoms with Gasteiger partial charge >= 0.3 is 0 Å². The molecular formula is C20H28FN5O. The van der Waals surface area contributed by atoms with Gasteiger partial charge in [0.1, 0.15) is 23.8 Å². The molecule has 0 spiro atoms. The monoisotopic (exact) mass is 373 g/mol. The van der Waals surface area contributed by atoms with Crippen LogP contribution in [0.3, 0.4) is 0 Å². The van der Waals surface area contributed by atoms with Crippen molar-refractivity contribution in [3.05, 3.63) is 48.0 Å². The number of aliphatic hydroxyl groups is 1. The van der Waals surface area contributed by atoms with Gasteiger partial charge < -0.3 is 15.3 Å². The molecule has 0 unspecified atom stereocenters. The first kappa shape index (κ1) is 19.5. The van der Waals surface area contributed by atoms with Gasteiger partial charge in [0.15, 0.2) is 0 Å². The molecule has 1 fully saturated rings. The number of piperazine rings is 1. The summed E-state index contributed by atoms with van der Waals surface area (Å²) in [7, 11) is 0. The highest BCUT2D eigenvalue weighted by atomic mass is 19.1. The maximum absolute atomic E-state index is 14.0. The van der Waals surface area contributed by atoms with Crippen LogP contribution in [0.4, 0.5) is 16.0 Å². The molecule has 0 aliphatic carbocycles. The number of hydrogen-bond acceptors (Lipinski definition) is 6. The van der Waals surface area contributed by atoms with Gasteiger partial charge in [-0.25, -0.2) is 14.4 Å². The molecule has 0 radical (unpaired) electrons. The van der Waals surface area contributed by atoms with E-state index in [0.29, 0.717) is 24.6 Å². The SMILES string of the molecule is CC(C)Nc1cc(N2CCN(Cc3ccccc3F)[C@@H](CCO)C2)ncn1. The van der Waals surface area contributed by atoms with E-state index >= 15 is 0 Å². The van der Waals surface area contributed by atoms with Gasteiger partial charge in [0.05, 0.1) is 0 Å². The van der Waals surface area contributed by atoms with Gasteiger partial charge in [0.2, 0.25) is 0 Å². The quantitative estimate of drug-likeness (QED) is 0.778. The van der Waals surface area contributed by atoms with Gasteiger partial charge in [-0.15, -0.1) is 0 Å². The fraction of sp³-hybridized carbons (Fsp3) is 0.500. The third-order valence-electron chi connectivity index (χ3n) is 4.81. The lowest BCUT2D eigenvalue weighted by molar-refractivity contribution is 0.134. The molecule has 0 bridgehead atoms. The van der Waals surface area contributed by atoms with E-state index in [9.17, 15) is 9.50 Å². The number of anilines is 2. The van der Waals surface area contributed by atoms with E-state index in [4.69, 9.17) is 0 Å². The molecule has 6 nitrogen and oxygen atoms in total. The van der Waals surface area contributed by atoms with E-state index < -0.39 is 0 Å². The first-order valence-corrected chi connectivity index (χ1v) is 9.48. The van der Waals surface area contributed by atoms with Crippen LogP contribution in [-0.4, -0.2) is 58.3 Å². The highest BCUT2D eigenvalue weighted by Crippen LogP contribution is 2.22. The molecule has 0 amide bonds. The van der Waals surface area contributed by atoms with Crippen LogP contribution < -0.4 is 10.2 Å². The number of rotatable bonds is 7. The average molecular weight is 373 g/mol. The first-order valence-electron chi connectivity index (χ1n) is 9.48. The van der Waals surface area contributed by atoms with E-state index in [-0.39, 0.29) is 18.5 Å². The molecule has 7 heteroatoms. The Morgan fingerprint density at radius 1 is 1.26 bits per heavy atom. The van der Waals surface area contributed by atoms with E-state index in [0.717, 1.165) is 31.3 Å². The van der Waals surface area contributed by atoms with Crippen molar-refractivity contribution in [1.82, 2.24) is 14.9 Å². The average Bonchev–Trinajstić information content (AvgIpc) is 2.65. The Kier molecular flexibility index (Phi) is 6.58. The molecule has 2 heterocycles. The summed E-state index contributed by atoms with van der Waals surface area (Å²) >= 11 is 0. The third kappa shape index (κ3) is 5.14. The molecule has 0 saturated carbocycles. The van der Waals surface area contributed by atoms with Gasteiger partial charge in [-0.3, -0.25) is 4.90 Å². The molecule has 1 saturated heterocycles. The Morgan fingerprint density at radius 2 is 2.07 bits per heavy atom. The van der Waals surface area contributed by atoms with Crippen LogP contribution in [0.1, 0.15) is 25.8 Å². The smallest absolute Gasteiger partial charge is 0.134 e. The lowest BCUT2D eigenvalue weighted by atomic mass is 10.1. The second-order valence-electron chi connectivity index (χ2n) is 7.23. The minimum absolute atomic E-state index is 0.107. The number of aromatic nitrogens is 2. The minimum atomic E-state index is -0.178. The largest absolute Gasteiger partial charge is 0.396 e. The topological polar surface area (TPSA) is 64.5 Å². The normalized spacial score (nSPS) is 18.1. The highest BCUT2D eigenvalue weighted by Gasteiger charge is 2.28. The maximum atomic E-state index is 14.0. The molecule has 1 aromatic carbocycles. The molecule has 2 N–H and O–H groups in total. The summed E-state index contributed by atoms with van der Waals surface area (Å²) < 4.78 is 14.0. The Hall–Kier alpha value is -2.25. The van der Waals surface area contributed by atoms with Crippen molar-refractivity contribution < 1.29 is 9.50 Å². The number of nitrogens with one attached hydrogen (secondary N) is 1. The molecular weight excluding hydrogens is 345 g/mol. The number of benzene rings is 1. The number of nitrogens with zero attached hydrogens (tertiary/aromatic N) is 4. The minimum Gasteiger partial charge on any atom is -0.396 e. The summed E-state index contributed by atoms with van der Waals surface area (Å²) in [5, 5.41) is 12.8. The van der Waals surface area contributed by atoms with Crippen molar-refractivity contribution >= 4 is 11.6 Å². The predicted octanol–water partition coefficient (Wildman–Crippen LogP) is 2.51. The standard InChI is InChI=1S/C20H28FN5O/c1-15(2)24-19-11-20(23-14-22-19)26-9-8-25(17(13-26)7-10-27)12-16-5-3-4-6-18(16)21/h3-6,11,14-15,17,27H,7-10,12-13H2,1-2H3,(H,22,23,24)/t17-/m0/s1. The van der Waals surface area contributed by atoms with Gasteiger partial charge in [0.25, 0.3) is 0 Å². The summed E-state index contributed by atoms with van der Waals surface area (Å²) in [5.74, 6) is 1.51. The Morgan fingerprint density at radius 3 is 2.81 bits per heavy atom. The summed E-state index contributed by atoms with van der Waals surface area (Å²) in [6.07, 6.45) is 2.22. The fourth-order valence-electron chi connectivity index (χ4n) is 3.47. The van der Waals surface area contributed by atoms with E-state index in [1.807, 2.05) is 18.2 Å². The van der Waals surface area contributed by atoms with Crippen LogP contribution >= 0.6 is 0 Å². The van der Waals surface area contributed by atoms with Crippen LogP contribution in [0.15, 0.2) is 36.7 Å². The maximum Gasteiger partial charge on any atom is 0.134 e. The van der Waals surface area contributed by atoms with Crippen molar-refractivity contribution in [1.29, 1.82) is 0 Å². The predicted molar refractivity (Wildman–Crippen MR) is 105 cm³/mol.